The van der Waals surface area contributed by atoms with E-state index >= 15 is 0 Å². The molecule has 0 bridgehead atoms. The molecule has 0 amide bonds. The molecule has 2 N–H and O–H groups in total. The van der Waals surface area contributed by atoms with Gasteiger partial charge in [0.1, 0.15) is 11.6 Å². The Balaban J connectivity index is 2.04. The first-order valence-electron chi connectivity index (χ1n) is 5.29. The smallest absolute Gasteiger partial charge is 0.149 e. The van der Waals surface area contributed by atoms with E-state index in [2.05, 4.69) is 20.9 Å². The van der Waals surface area contributed by atoms with Crippen LogP contribution in [0.15, 0.2) is 24.0 Å². The van der Waals surface area contributed by atoms with Crippen LogP contribution in [0, 0.1) is 0 Å². The summed E-state index contributed by atoms with van der Waals surface area (Å²) in [5.41, 5.74) is 6.95. The van der Waals surface area contributed by atoms with Gasteiger partial charge < -0.3 is 15.4 Å². The number of aromatic nitrogens is 2. The number of nitrogens with zero attached hydrogens (tertiary/aromatic N) is 3. The molecule has 16 heavy (non-hydrogen) atoms. The lowest BCUT2D eigenvalue weighted by Gasteiger charge is -2.27. The zero-order valence-electron chi connectivity index (χ0n) is 9.39. The Morgan fingerprint density at radius 3 is 3.00 bits per heavy atom. The normalized spacial score (nSPS) is 16.1. The van der Waals surface area contributed by atoms with Gasteiger partial charge >= 0.3 is 0 Å². The molecule has 0 unspecified atom stereocenters. The monoisotopic (exact) mass is 220 g/mol. The van der Waals surface area contributed by atoms with Gasteiger partial charge in [-0.05, 0) is 12.0 Å². The Labute approximate surface area is 94.9 Å². The van der Waals surface area contributed by atoms with Gasteiger partial charge in [-0.2, -0.15) is 0 Å². The lowest BCUT2D eigenvalue weighted by Crippen LogP contribution is -2.30. The molecule has 2 rings (SSSR count). The fraction of sp³-hybridized carbons (Fsp3) is 0.455. The van der Waals surface area contributed by atoms with Crippen molar-refractivity contribution in [2.45, 2.75) is 6.42 Å². The van der Waals surface area contributed by atoms with Crippen LogP contribution >= 0.6 is 0 Å². The summed E-state index contributed by atoms with van der Waals surface area (Å²) in [6.07, 6.45) is 6.48. The first-order chi connectivity index (χ1) is 7.79. The largest absolute Gasteiger partial charge is 0.382 e. The topological polar surface area (TPSA) is 64.3 Å². The Bertz CT molecular complexity index is 391. The van der Waals surface area contributed by atoms with Crippen LogP contribution in [-0.4, -0.2) is 36.8 Å². The van der Waals surface area contributed by atoms with Gasteiger partial charge in [0, 0.05) is 20.2 Å². The highest BCUT2D eigenvalue weighted by Gasteiger charge is 2.13. The van der Waals surface area contributed by atoms with Crippen LogP contribution in [0.2, 0.25) is 0 Å². The molecule has 0 radical (unpaired) electrons. The molecular weight excluding hydrogens is 204 g/mol. The predicted molar refractivity (Wildman–Crippen MR) is 63.2 cm³/mol. The van der Waals surface area contributed by atoms with Crippen molar-refractivity contribution in [1.29, 1.82) is 0 Å². The van der Waals surface area contributed by atoms with Crippen molar-refractivity contribution in [2.75, 3.05) is 37.4 Å². The molecular formula is C11H16N4O. The lowest BCUT2D eigenvalue weighted by atomic mass is 10.1. The molecule has 1 aromatic rings. The number of nitrogen functional groups attached to an aromatic ring is 1. The number of rotatable bonds is 3. The maximum absolute atomic E-state index is 5.60. The number of ether oxygens (including phenoxy) is 1. The van der Waals surface area contributed by atoms with Gasteiger partial charge in [0.15, 0.2) is 0 Å². The first-order valence-corrected chi connectivity index (χ1v) is 5.29. The Morgan fingerprint density at radius 1 is 1.50 bits per heavy atom. The van der Waals surface area contributed by atoms with Gasteiger partial charge in [-0.15, -0.1) is 0 Å². The number of methoxy groups -OCH3 is 1. The molecule has 0 aliphatic carbocycles. The van der Waals surface area contributed by atoms with Crippen molar-refractivity contribution in [3.8, 4) is 0 Å². The summed E-state index contributed by atoms with van der Waals surface area (Å²) >= 11 is 0. The van der Waals surface area contributed by atoms with Crippen molar-refractivity contribution in [3.63, 3.8) is 0 Å². The molecule has 1 aliphatic heterocycles. The van der Waals surface area contributed by atoms with E-state index in [1.165, 1.54) is 5.57 Å². The van der Waals surface area contributed by atoms with Gasteiger partial charge in [0.2, 0.25) is 0 Å². The third-order valence-corrected chi connectivity index (χ3v) is 2.60. The minimum absolute atomic E-state index is 0.462. The SMILES string of the molecule is COCC1=CCN(c2cncc(N)n2)CC1. The molecule has 1 aliphatic rings. The maximum Gasteiger partial charge on any atom is 0.149 e. The molecule has 5 heteroatoms. The summed E-state index contributed by atoms with van der Waals surface area (Å²) in [7, 11) is 1.72. The van der Waals surface area contributed by atoms with Crippen LogP contribution in [0.4, 0.5) is 11.6 Å². The lowest BCUT2D eigenvalue weighted by molar-refractivity contribution is 0.222. The molecule has 0 atom stereocenters. The molecule has 0 spiro atoms. The van der Waals surface area contributed by atoms with Crippen LogP contribution in [-0.2, 0) is 4.74 Å². The van der Waals surface area contributed by atoms with Gasteiger partial charge in [-0.1, -0.05) is 6.08 Å². The van der Waals surface area contributed by atoms with Crippen molar-refractivity contribution < 1.29 is 4.74 Å². The zero-order valence-corrected chi connectivity index (χ0v) is 9.39. The first kappa shape index (κ1) is 10.9. The summed E-state index contributed by atoms with van der Waals surface area (Å²) in [6.45, 7) is 2.50. The second-order valence-electron chi connectivity index (χ2n) is 3.79. The van der Waals surface area contributed by atoms with Crippen LogP contribution in [0.5, 0.6) is 0 Å². The second kappa shape index (κ2) is 4.94. The van der Waals surface area contributed by atoms with E-state index in [0.29, 0.717) is 5.82 Å². The fourth-order valence-corrected chi connectivity index (χ4v) is 1.76. The molecule has 0 saturated carbocycles. The van der Waals surface area contributed by atoms with Gasteiger partial charge in [-0.25, -0.2) is 4.98 Å². The number of hydrogen-bond acceptors (Lipinski definition) is 5. The van der Waals surface area contributed by atoms with Crippen LogP contribution in [0.1, 0.15) is 6.42 Å². The van der Waals surface area contributed by atoms with Crippen molar-refractivity contribution in [2.24, 2.45) is 0 Å². The van der Waals surface area contributed by atoms with Crippen LogP contribution in [0.3, 0.4) is 0 Å². The summed E-state index contributed by atoms with van der Waals surface area (Å²) in [4.78, 5) is 10.4. The molecule has 0 saturated heterocycles. The standard InChI is InChI=1S/C11H16N4O/c1-16-8-9-2-4-15(5-3-9)11-7-13-6-10(12)14-11/h2,6-7H,3-5,8H2,1H3,(H2,12,14). The molecule has 5 nitrogen and oxygen atoms in total. The van der Waals surface area contributed by atoms with Gasteiger partial charge in [0.25, 0.3) is 0 Å². The van der Waals surface area contributed by atoms with E-state index in [1.54, 1.807) is 19.5 Å². The second-order valence-corrected chi connectivity index (χ2v) is 3.79. The Kier molecular flexibility index (Phi) is 3.36. The van der Waals surface area contributed by atoms with Crippen LogP contribution in [0.25, 0.3) is 0 Å². The molecule has 0 fully saturated rings. The van der Waals surface area contributed by atoms with Crippen molar-refractivity contribution in [3.05, 3.63) is 24.0 Å². The van der Waals surface area contributed by atoms with Gasteiger partial charge in [0.05, 0.1) is 19.0 Å². The number of hydrogen-bond donors (Lipinski definition) is 1. The maximum atomic E-state index is 5.60. The summed E-state index contributed by atoms with van der Waals surface area (Å²) in [5.74, 6) is 1.30. The highest BCUT2D eigenvalue weighted by Crippen LogP contribution is 2.17. The van der Waals surface area contributed by atoms with E-state index < -0.39 is 0 Å². The molecule has 1 aromatic heterocycles. The number of nitrogens with two attached hydrogens (primary N) is 1. The highest BCUT2D eigenvalue weighted by atomic mass is 16.5. The van der Waals surface area contributed by atoms with E-state index in [-0.39, 0.29) is 0 Å². The van der Waals surface area contributed by atoms with Crippen molar-refractivity contribution >= 4 is 11.6 Å². The van der Waals surface area contributed by atoms with Gasteiger partial charge in [-0.3, -0.25) is 4.98 Å². The molecule has 86 valence electrons. The van der Waals surface area contributed by atoms with Crippen molar-refractivity contribution in [1.82, 2.24) is 9.97 Å². The fourth-order valence-electron chi connectivity index (χ4n) is 1.76. The predicted octanol–water partition coefficient (Wildman–Crippen LogP) is 0.842. The van der Waals surface area contributed by atoms with E-state index in [0.717, 1.165) is 31.9 Å². The number of anilines is 2. The third-order valence-electron chi connectivity index (χ3n) is 2.60. The summed E-state index contributed by atoms with van der Waals surface area (Å²) in [5, 5.41) is 0. The van der Waals surface area contributed by atoms with E-state index in [4.69, 9.17) is 10.5 Å². The quantitative estimate of drug-likeness (QED) is 0.765. The minimum Gasteiger partial charge on any atom is -0.382 e. The zero-order chi connectivity index (χ0) is 11.4. The van der Waals surface area contributed by atoms with Crippen LogP contribution < -0.4 is 10.6 Å². The summed E-state index contributed by atoms with van der Waals surface area (Å²) in [6, 6.07) is 0. The molecule has 0 aromatic carbocycles. The molecule has 2 heterocycles. The third kappa shape index (κ3) is 2.49. The Morgan fingerprint density at radius 2 is 2.38 bits per heavy atom. The average molecular weight is 220 g/mol. The highest BCUT2D eigenvalue weighted by molar-refractivity contribution is 5.43. The Hall–Kier alpha value is -1.62. The van der Waals surface area contributed by atoms with E-state index in [9.17, 15) is 0 Å². The summed E-state index contributed by atoms with van der Waals surface area (Å²) < 4.78 is 5.11. The minimum atomic E-state index is 0.462. The van der Waals surface area contributed by atoms with E-state index in [1.807, 2.05) is 0 Å². The average Bonchev–Trinajstić information content (AvgIpc) is 2.30.